The monoisotopic (exact) mass is 304 g/mol. The van der Waals surface area contributed by atoms with Gasteiger partial charge in [0.1, 0.15) is 5.41 Å². The Labute approximate surface area is 127 Å². The van der Waals surface area contributed by atoms with Crippen LogP contribution in [0.25, 0.3) is 0 Å². The zero-order valence-electron chi connectivity index (χ0n) is 11.7. The lowest BCUT2D eigenvalue weighted by Gasteiger charge is -2.07. The van der Waals surface area contributed by atoms with Crippen LogP contribution in [0.4, 0.5) is 0 Å². The normalized spacial score (nSPS) is 15.7. The third kappa shape index (κ3) is 2.95. The summed E-state index contributed by atoms with van der Waals surface area (Å²) in [5.41, 5.74) is -0.682. The van der Waals surface area contributed by atoms with Gasteiger partial charge in [0.05, 0.1) is 12.4 Å². The number of carbonyl (C=O) groups is 1. The van der Waals surface area contributed by atoms with Crippen LogP contribution in [0.3, 0.4) is 0 Å². The van der Waals surface area contributed by atoms with Crippen molar-refractivity contribution in [3.63, 3.8) is 0 Å². The van der Waals surface area contributed by atoms with Crippen molar-refractivity contribution in [3.05, 3.63) is 42.0 Å². The number of thioether (sulfide) groups is 1. The van der Waals surface area contributed by atoms with Gasteiger partial charge in [-0.25, -0.2) is 0 Å². The Balaban J connectivity index is 1.65. The molecule has 110 valence electrons. The number of nitrogens with zero attached hydrogens (tertiary/aromatic N) is 2. The van der Waals surface area contributed by atoms with E-state index in [1.807, 2.05) is 30.3 Å². The zero-order valence-corrected chi connectivity index (χ0v) is 12.6. The summed E-state index contributed by atoms with van der Waals surface area (Å²) in [6.45, 7) is 2.16. The van der Waals surface area contributed by atoms with Crippen LogP contribution in [0.1, 0.15) is 31.5 Å². The molecule has 2 aromatic rings. The van der Waals surface area contributed by atoms with E-state index in [0.29, 0.717) is 24.1 Å². The molecule has 1 aliphatic rings. The first kappa shape index (κ1) is 14.1. The molecular formula is C15H16N2O3S. The third-order valence-corrected chi connectivity index (χ3v) is 4.41. The summed E-state index contributed by atoms with van der Waals surface area (Å²) in [7, 11) is 0. The number of hydrogen-bond acceptors (Lipinski definition) is 6. The van der Waals surface area contributed by atoms with Gasteiger partial charge in [0.25, 0.3) is 0 Å². The summed E-state index contributed by atoms with van der Waals surface area (Å²) < 4.78 is 10.4. The molecule has 1 aromatic heterocycles. The molecule has 0 bridgehead atoms. The van der Waals surface area contributed by atoms with Gasteiger partial charge in [0.15, 0.2) is 5.82 Å². The molecule has 1 aromatic carbocycles. The molecule has 1 fully saturated rings. The second-order valence-corrected chi connectivity index (χ2v) is 5.97. The van der Waals surface area contributed by atoms with Crippen molar-refractivity contribution >= 4 is 17.7 Å². The molecule has 0 amide bonds. The number of hydrogen-bond donors (Lipinski definition) is 0. The summed E-state index contributed by atoms with van der Waals surface area (Å²) in [5, 5.41) is 3.97. The smallest absolute Gasteiger partial charge is 0.321 e. The molecule has 5 nitrogen and oxygen atoms in total. The second kappa shape index (κ2) is 5.89. The van der Waals surface area contributed by atoms with Gasteiger partial charge in [0.2, 0.25) is 5.89 Å². The highest BCUT2D eigenvalue weighted by Gasteiger charge is 2.57. The van der Waals surface area contributed by atoms with Gasteiger partial charge < -0.3 is 9.26 Å². The Hall–Kier alpha value is -1.82. The number of carbonyl (C=O) groups excluding carboxylic acids is 1. The summed E-state index contributed by atoms with van der Waals surface area (Å²) in [5.74, 6) is 1.36. The first-order chi connectivity index (χ1) is 10.2. The predicted octanol–water partition coefficient (Wildman–Crippen LogP) is 2.96. The minimum Gasteiger partial charge on any atom is -0.465 e. The number of ether oxygens (including phenoxy) is 1. The van der Waals surface area contributed by atoms with Crippen LogP contribution in [0.2, 0.25) is 0 Å². The predicted molar refractivity (Wildman–Crippen MR) is 77.8 cm³/mol. The zero-order chi connectivity index (χ0) is 14.7. The average molecular weight is 304 g/mol. The maximum atomic E-state index is 12.0. The lowest BCUT2D eigenvalue weighted by Crippen LogP contribution is -2.23. The number of benzene rings is 1. The molecule has 21 heavy (non-hydrogen) atoms. The number of esters is 1. The summed E-state index contributed by atoms with van der Waals surface area (Å²) in [6.07, 6.45) is 1.44. The highest BCUT2D eigenvalue weighted by molar-refractivity contribution is 7.98. The van der Waals surface area contributed by atoms with Crippen molar-refractivity contribution < 1.29 is 14.1 Å². The SMILES string of the molecule is CCOC(=O)C1(c2nc(CSc3ccccc3)no2)CC1. The molecule has 3 rings (SSSR count). The van der Waals surface area contributed by atoms with Crippen molar-refractivity contribution in [1.82, 2.24) is 10.1 Å². The largest absolute Gasteiger partial charge is 0.465 e. The second-order valence-electron chi connectivity index (χ2n) is 4.92. The minimum atomic E-state index is -0.682. The van der Waals surface area contributed by atoms with Gasteiger partial charge in [-0.1, -0.05) is 23.4 Å². The molecule has 0 atom stereocenters. The molecule has 1 saturated carbocycles. The molecular weight excluding hydrogens is 288 g/mol. The van der Waals surface area contributed by atoms with Crippen LogP contribution in [-0.4, -0.2) is 22.7 Å². The quantitative estimate of drug-likeness (QED) is 0.604. The van der Waals surface area contributed by atoms with E-state index >= 15 is 0 Å². The van der Waals surface area contributed by atoms with E-state index in [0.717, 1.165) is 17.7 Å². The summed E-state index contributed by atoms with van der Waals surface area (Å²) in [6, 6.07) is 10.0. The molecule has 0 spiro atoms. The van der Waals surface area contributed by atoms with E-state index in [4.69, 9.17) is 9.26 Å². The Morgan fingerprint density at radius 1 is 1.38 bits per heavy atom. The molecule has 1 aliphatic carbocycles. The van der Waals surface area contributed by atoms with E-state index in [-0.39, 0.29) is 5.97 Å². The van der Waals surface area contributed by atoms with E-state index in [1.54, 1.807) is 18.7 Å². The number of rotatable bonds is 6. The Kier molecular flexibility index (Phi) is 3.96. The fourth-order valence-corrected chi connectivity index (χ4v) is 2.83. The maximum absolute atomic E-state index is 12.0. The first-order valence-electron chi connectivity index (χ1n) is 6.93. The van der Waals surface area contributed by atoms with Gasteiger partial charge in [-0.05, 0) is 31.9 Å². The Morgan fingerprint density at radius 3 is 2.81 bits per heavy atom. The van der Waals surface area contributed by atoms with Crippen LogP contribution in [-0.2, 0) is 20.7 Å². The Morgan fingerprint density at radius 2 is 2.14 bits per heavy atom. The van der Waals surface area contributed by atoms with Crippen molar-refractivity contribution in [2.45, 2.75) is 35.8 Å². The van der Waals surface area contributed by atoms with Crippen LogP contribution in [0, 0.1) is 0 Å². The molecule has 1 heterocycles. The Bertz CT molecular complexity index is 623. The van der Waals surface area contributed by atoms with Gasteiger partial charge in [0, 0.05) is 4.90 Å². The molecule has 0 saturated heterocycles. The van der Waals surface area contributed by atoms with E-state index in [9.17, 15) is 4.79 Å². The van der Waals surface area contributed by atoms with Crippen LogP contribution < -0.4 is 0 Å². The van der Waals surface area contributed by atoms with Gasteiger partial charge >= 0.3 is 5.97 Å². The molecule has 6 heteroatoms. The standard InChI is InChI=1S/C15H16N2O3S/c1-2-19-14(18)15(8-9-15)13-16-12(17-20-13)10-21-11-6-4-3-5-7-11/h3-7H,2,8-10H2,1H3. The average Bonchev–Trinajstić information content (AvgIpc) is 3.19. The van der Waals surface area contributed by atoms with Gasteiger partial charge in [-0.15, -0.1) is 11.8 Å². The van der Waals surface area contributed by atoms with Crippen LogP contribution in [0.15, 0.2) is 39.8 Å². The van der Waals surface area contributed by atoms with E-state index in [2.05, 4.69) is 10.1 Å². The number of aromatic nitrogens is 2. The molecule has 0 N–H and O–H groups in total. The fraction of sp³-hybridized carbons (Fsp3) is 0.400. The van der Waals surface area contributed by atoms with Gasteiger partial charge in [-0.2, -0.15) is 4.98 Å². The topological polar surface area (TPSA) is 65.2 Å². The van der Waals surface area contributed by atoms with Crippen molar-refractivity contribution in [2.24, 2.45) is 0 Å². The molecule has 0 radical (unpaired) electrons. The molecule has 0 aliphatic heterocycles. The van der Waals surface area contributed by atoms with Crippen LogP contribution in [0.5, 0.6) is 0 Å². The van der Waals surface area contributed by atoms with Crippen molar-refractivity contribution in [1.29, 1.82) is 0 Å². The van der Waals surface area contributed by atoms with E-state index < -0.39 is 5.41 Å². The first-order valence-corrected chi connectivity index (χ1v) is 7.91. The third-order valence-electron chi connectivity index (χ3n) is 3.40. The lowest BCUT2D eigenvalue weighted by molar-refractivity contribution is -0.146. The van der Waals surface area contributed by atoms with Gasteiger partial charge in [-0.3, -0.25) is 4.79 Å². The van der Waals surface area contributed by atoms with Crippen molar-refractivity contribution in [3.8, 4) is 0 Å². The highest BCUT2D eigenvalue weighted by atomic mass is 32.2. The van der Waals surface area contributed by atoms with E-state index in [1.165, 1.54) is 0 Å². The minimum absolute atomic E-state index is 0.254. The highest BCUT2D eigenvalue weighted by Crippen LogP contribution is 2.48. The summed E-state index contributed by atoms with van der Waals surface area (Å²) >= 11 is 1.64. The maximum Gasteiger partial charge on any atom is 0.321 e. The summed E-state index contributed by atoms with van der Waals surface area (Å²) in [4.78, 5) is 17.5. The molecule has 0 unspecified atom stereocenters. The fourth-order valence-electron chi connectivity index (χ4n) is 2.07. The van der Waals surface area contributed by atoms with Crippen molar-refractivity contribution in [2.75, 3.05) is 6.61 Å². The van der Waals surface area contributed by atoms with Crippen LogP contribution >= 0.6 is 11.8 Å². The lowest BCUT2D eigenvalue weighted by atomic mass is 10.1.